The lowest BCUT2D eigenvalue weighted by atomic mass is 9.99. The van der Waals surface area contributed by atoms with Gasteiger partial charge in [-0.2, -0.15) is 0 Å². The normalized spacial score (nSPS) is 15.4. The summed E-state index contributed by atoms with van der Waals surface area (Å²) >= 11 is 0. The summed E-state index contributed by atoms with van der Waals surface area (Å²) < 4.78 is 0. The van der Waals surface area contributed by atoms with Crippen molar-refractivity contribution in [2.75, 3.05) is 22.9 Å². The number of rotatable bonds is 4. The zero-order valence-corrected chi connectivity index (χ0v) is 28.4. The highest BCUT2D eigenvalue weighted by atomic mass is 15.0. The molecule has 0 unspecified atom stereocenters. The maximum atomic E-state index is 6.17. The summed E-state index contributed by atoms with van der Waals surface area (Å²) in [5.74, 6) is 0. The second-order valence-electron chi connectivity index (χ2n) is 13.4. The Hall–Kier alpha value is -7.06. The van der Waals surface area contributed by atoms with E-state index < -0.39 is 0 Å². The number of benzene rings is 4. The van der Waals surface area contributed by atoms with E-state index in [1.54, 1.807) is 0 Å². The fourth-order valence-corrected chi connectivity index (χ4v) is 7.47. The molecule has 5 heterocycles. The van der Waals surface area contributed by atoms with Gasteiger partial charge in [0.05, 0.1) is 0 Å². The number of nitrogen functional groups attached to an aromatic ring is 4. The van der Waals surface area contributed by atoms with Crippen molar-refractivity contribution >= 4 is 45.0 Å². The molecular formula is C44H38N8. The smallest absolute Gasteiger partial charge is 0.0485 e. The Balaban J connectivity index is 1.35. The van der Waals surface area contributed by atoms with E-state index >= 15 is 0 Å². The van der Waals surface area contributed by atoms with Gasteiger partial charge in [0.15, 0.2) is 0 Å². The molecule has 4 aromatic carbocycles. The molecule has 0 saturated heterocycles. The third-order valence-electron chi connectivity index (χ3n) is 9.98. The van der Waals surface area contributed by atoms with Crippen LogP contribution in [0.4, 0.5) is 22.7 Å². The summed E-state index contributed by atoms with van der Waals surface area (Å²) in [5, 5.41) is 9.67. The van der Waals surface area contributed by atoms with Crippen molar-refractivity contribution in [2.45, 2.75) is 12.8 Å². The monoisotopic (exact) mass is 678 g/mol. The van der Waals surface area contributed by atoms with Crippen molar-refractivity contribution < 1.29 is 0 Å². The van der Waals surface area contributed by atoms with Gasteiger partial charge in [-0.1, -0.05) is 60.7 Å². The number of hydrogen-bond acceptors (Lipinski definition) is 6. The van der Waals surface area contributed by atoms with Crippen molar-refractivity contribution in [3.05, 3.63) is 201 Å². The van der Waals surface area contributed by atoms with Gasteiger partial charge in [0.1, 0.15) is 0 Å². The fourth-order valence-electron chi connectivity index (χ4n) is 7.47. The number of fused-ring (bicyclic) bond motifs is 8. The zero-order chi connectivity index (χ0) is 35.3. The van der Waals surface area contributed by atoms with E-state index in [1.165, 1.54) is 0 Å². The molecule has 12 N–H and O–H groups in total. The third-order valence-corrected chi connectivity index (χ3v) is 9.98. The summed E-state index contributed by atoms with van der Waals surface area (Å²) in [7, 11) is 0. The molecule has 3 aliphatic rings. The van der Waals surface area contributed by atoms with Gasteiger partial charge in [-0.3, -0.25) is 0 Å². The minimum absolute atomic E-state index is 0.707. The standard InChI is InChI=1S/C44H38N8/c45-29-9-1-25(2-10-29)41-33-17-19-35(49-33)42(26-3-11-30(46)12-4-26)37-21-23-39(51-37)44(28-7-15-32(48)16-8-28)40-24-22-38(52-40)43(36-20-18-34(41)50-36)27-5-13-31(47)14-6-27/h1-19,21-22,24,49-52H,20,23,45-48H2. The molecule has 0 fully saturated rings. The third kappa shape index (κ3) is 5.52. The van der Waals surface area contributed by atoms with Crippen molar-refractivity contribution in [1.82, 2.24) is 20.6 Å². The maximum absolute atomic E-state index is 6.17. The van der Waals surface area contributed by atoms with Gasteiger partial charge >= 0.3 is 0 Å². The molecule has 52 heavy (non-hydrogen) atoms. The van der Waals surface area contributed by atoms with Crippen LogP contribution in [0.5, 0.6) is 0 Å². The lowest BCUT2D eigenvalue weighted by Crippen LogP contribution is -2.22. The van der Waals surface area contributed by atoms with Crippen LogP contribution in [0.1, 0.15) is 46.5 Å². The molecule has 3 aliphatic heterocycles. The van der Waals surface area contributed by atoms with Crippen molar-refractivity contribution in [3.63, 3.8) is 0 Å². The Morgan fingerprint density at radius 3 is 1.02 bits per heavy atom. The molecule has 2 aromatic heterocycles. The molecular weight excluding hydrogens is 641 g/mol. The van der Waals surface area contributed by atoms with E-state index in [2.05, 4.69) is 106 Å². The highest BCUT2D eigenvalue weighted by Gasteiger charge is 2.25. The predicted molar refractivity (Wildman–Crippen MR) is 213 cm³/mol. The second-order valence-corrected chi connectivity index (χ2v) is 13.4. The topological polar surface area (TPSA) is 160 Å². The lowest BCUT2D eigenvalue weighted by Gasteiger charge is -2.17. The van der Waals surface area contributed by atoms with Crippen LogP contribution >= 0.6 is 0 Å². The molecule has 6 aromatic rings. The van der Waals surface area contributed by atoms with Gasteiger partial charge in [0.2, 0.25) is 0 Å². The van der Waals surface area contributed by atoms with Crippen LogP contribution in [0.25, 0.3) is 22.3 Å². The number of hydrogen-bond donors (Lipinski definition) is 8. The molecule has 0 saturated carbocycles. The van der Waals surface area contributed by atoms with Gasteiger partial charge in [-0.15, -0.1) is 0 Å². The van der Waals surface area contributed by atoms with Crippen molar-refractivity contribution in [2.24, 2.45) is 0 Å². The second kappa shape index (κ2) is 12.4. The van der Waals surface area contributed by atoms with Gasteiger partial charge in [-0.05, 0) is 95.1 Å². The molecule has 0 atom stereocenters. The number of nitrogens with two attached hydrogens (primary N) is 4. The van der Waals surface area contributed by atoms with Crippen molar-refractivity contribution in [3.8, 4) is 0 Å². The van der Waals surface area contributed by atoms with Crippen LogP contribution < -0.4 is 44.3 Å². The van der Waals surface area contributed by atoms with Gasteiger partial charge in [0, 0.05) is 103 Å². The molecule has 8 nitrogen and oxygen atoms in total. The SMILES string of the molecule is Nc1ccc(C2=C3CC=C(N3)C(c3ccc(N)cc3)=c3ccc([nH]3)=C(c3ccc(N)cc3)C3=CCC(=C(c4ccc(N)cc4)c4ccc2[nH]4)N3)cc1. The van der Waals surface area contributed by atoms with Crippen LogP contribution in [0.3, 0.4) is 0 Å². The van der Waals surface area contributed by atoms with Crippen LogP contribution in [0.2, 0.25) is 0 Å². The minimum Gasteiger partial charge on any atom is -0.399 e. The predicted octanol–water partition coefficient (Wildman–Crippen LogP) is 6.06. The number of H-pyrrole nitrogens is 2. The molecule has 8 bridgehead atoms. The first-order chi connectivity index (χ1) is 25.4. The van der Waals surface area contributed by atoms with E-state index in [4.69, 9.17) is 22.9 Å². The van der Waals surface area contributed by atoms with E-state index in [9.17, 15) is 0 Å². The highest BCUT2D eigenvalue weighted by Crippen LogP contribution is 2.37. The number of aromatic nitrogens is 2. The Morgan fingerprint density at radius 2 is 0.673 bits per heavy atom. The minimum atomic E-state index is 0.707. The lowest BCUT2D eigenvalue weighted by molar-refractivity contribution is 1.02. The van der Waals surface area contributed by atoms with Crippen LogP contribution in [0, 0.1) is 0 Å². The molecule has 254 valence electrons. The summed E-state index contributed by atoms with van der Waals surface area (Å²) in [6, 6.07) is 40.9. The Labute approximate surface area is 301 Å². The average Bonchev–Trinajstić information content (AvgIpc) is 3.99. The fraction of sp³-hybridized carbons (Fsp3) is 0.0455. The van der Waals surface area contributed by atoms with E-state index in [0.717, 1.165) is 101 Å². The maximum Gasteiger partial charge on any atom is 0.0485 e. The van der Waals surface area contributed by atoms with Gasteiger partial charge < -0.3 is 43.5 Å². The summed E-state index contributed by atoms with van der Waals surface area (Å²) in [4.78, 5) is 7.66. The van der Waals surface area contributed by atoms with Crippen molar-refractivity contribution in [1.29, 1.82) is 0 Å². The van der Waals surface area contributed by atoms with E-state index in [1.807, 2.05) is 48.5 Å². The summed E-state index contributed by atoms with van der Waals surface area (Å²) in [5.41, 5.74) is 42.2. The Morgan fingerprint density at radius 1 is 0.346 bits per heavy atom. The molecule has 8 heteroatoms. The largest absolute Gasteiger partial charge is 0.399 e. The Kier molecular flexibility index (Phi) is 7.36. The average molecular weight is 679 g/mol. The quantitative estimate of drug-likeness (QED) is 0.106. The molecule has 0 radical (unpaired) electrons. The van der Waals surface area contributed by atoms with Crippen LogP contribution in [0.15, 0.2) is 156 Å². The zero-order valence-electron chi connectivity index (χ0n) is 28.4. The van der Waals surface area contributed by atoms with Gasteiger partial charge in [-0.25, -0.2) is 0 Å². The first kappa shape index (κ1) is 31.0. The number of anilines is 4. The number of aromatic amines is 2. The highest BCUT2D eigenvalue weighted by molar-refractivity contribution is 5.89. The molecule has 9 rings (SSSR count). The molecule has 0 amide bonds. The summed E-state index contributed by atoms with van der Waals surface area (Å²) in [6.07, 6.45) is 5.94. The Bertz CT molecular complexity index is 2430. The van der Waals surface area contributed by atoms with E-state index in [-0.39, 0.29) is 0 Å². The van der Waals surface area contributed by atoms with E-state index in [0.29, 0.717) is 24.2 Å². The molecule has 0 aliphatic carbocycles. The first-order valence-corrected chi connectivity index (χ1v) is 17.4. The summed E-state index contributed by atoms with van der Waals surface area (Å²) in [6.45, 7) is 0. The van der Waals surface area contributed by atoms with Crippen LogP contribution in [-0.4, -0.2) is 9.97 Å². The van der Waals surface area contributed by atoms with Crippen LogP contribution in [-0.2, 0) is 0 Å². The number of allylic oxidation sites excluding steroid dienone is 4. The van der Waals surface area contributed by atoms with Gasteiger partial charge in [0.25, 0.3) is 0 Å². The first-order valence-electron chi connectivity index (χ1n) is 17.4. The number of nitrogens with one attached hydrogen (secondary N) is 4. The molecule has 0 spiro atoms.